The van der Waals surface area contributed by atoms with Crippen LogP contribution in [0.25, 0.3) is 0 Å². The lowest BCUT2D eigenvalue weighted by Crippen LogP contribution is -2.12. The van der Waals surface area contributed by atoms with E-state index in [9.17, 15) is 4.79 Å². The van der Waals surface area contributed by atoms with Crippen molar-refractivity contribution in [1.29, 1.82) is 0 Å². The van der Waals surface area contributed by atoms with Gasteiger partial charge < -0.3 is 11.1 Å². The van der Waals surface area contributed by atoms with Crippen molar-refractivity contribution in [2.75, 3.05) is 11.1 Å². The van der Waals surface area contributed by atoms with Gasteiger partial charge in [-0.05, 0) is 18.6 Å². The summed E-state index contributed by atoms with van der Waals surface area (Å²) in [6.45, 7) is 3.73. The average molecular weight is 178 g/mol. The third kappa shape index (κ3) is 2.21. The predicted octanol–water partition coefficient (Wildman–Crippen LogP) is 1.93. The van der Waals surface area contributed by atoms with E-state index in [1.54, 1.807) is 6.07 Å². The number of hydrogen-bond acceptors (Lipinski definition) is 2. The summed E-state index contributed by atoms with van der Waals surface area (Å²) in [5, 5.41) is 2.76. The Hall–Kier alpha value is -1.51. The fraction of sp³-hybridized carbons (Fsp3) is 0.300. The van der Waals surface area contributed by atoms with E-state index in [1.165, 1.54) is 0 Å². The lowest BCUT2D eigenvalue weighted by Gasteiger charge is -2.09. The van der Waals surface area contributed by atoms with Gasteiger partial charge >= 0.3 is 0 Å². The summed E-state index contributed by atoms with van der Waals surface area (Å²) in [4.78, 5) is 11.1. The van der Waals surface area contributed by atoms with Crippen LogP contribution in [0.3, 0.4) is 0 Å². The van der Waals surface area contributed by atoms with Crippen molar-refractivity contribution in [3.05, 3.63) is 23.8 Å². The highest BCUT2D eigenvalue weighted by Gasteiger charge is 2.04. The number of anilines is 2. The first kappa shape index (κ1) is 9.58. The Morgan fingerprint density at radius 2 is 2.23 bits per heavy atom. The zero-order valence-corrected chi connectivity index (χ0v) is 7.92. The van der Waals surface area contributed by atoms with Gasteiger partial charge in [0.1, 0.15) is 0 Å². The van der Waals surface area contributed by atoms with Crippen LogP contribution >= 0.6 is 0 Å². The highest BCUT2D eigenvalue weighted by atomic mass is 16.1. The van der Waals surface area contributed by atoms with E-state index >= 15 is 0 Å². The highest BCUT2D eigenvalue weighted by Crippen LogP contribution is 2.22. The molecule has 3 nitrogen and oxygen atoms in total. The van der Waals surface area contributed by atoms with Crippen molar-refractivity contribution in [2.45, 2.75) is 20.3 Å². The van der Waals surface area contributed by atoms with E-state index in [0.29, 0.717) is 12.1 Å². The zero-order chi connectivity index (χ0) is 9.84. The van der Waals surface area contributed by atoms with Crippen molar-refractivity contribution in [1.82, 2.24) is 0 Å². The van der Waals surface area contributed by atoms with Crippen molar-refractivity contribution in [3.63, 3.8) is 0 Å². The lowest BCUT2D eigenvalue weighted by molar-refractivity contribution is -0.115. The van der Waals surface area contributed by atoms with Crippen molar-refractivity contribution < 1.29 is 4.79 Å². The molecule has 70 valence electrons. The Labute approximate surface area is 77.9 Å². The van der Waals surface area contributed by atoms with Crippen LogP contribution < -0.4 is 11.1 Å². The molecule has 1 amide bonds. The van der Waals surface area contributed by atoms with Crippen LogP contribution in [0.15, 0.2) is 18.2 Å². The van der Waals surface area contributed by atoms with Gasteiger partial charge in [0.25, 0.3) is 0 Å². The van der Waals surface area contributed by atoms with E-state index in [4.69, 9.17) is 5.73 Å². The van der Waals surface area contributed by atoms with Gasteiger partial charge in [-0.2, -0.15) is 0 Å². The summed E-state index contributed by atoms with van der Waals surface area (Å²) < 4.78 is 0. The second-order valence-electron chi connectivity index (χ2n) is 2.94. The number of nitrogen functional groups attached to an aromatic ring is 1. The normalized spacial score (nSPS) is 9.69. The summed E-state index contributed by atoms with van der Waals surface area (Å²) in [6.07, 6.45) is 0.466. The molecule has 1 aromatic rings. The van der Waals surface area contributed by atoms with E-state index in [2.05, 4.69) is 5.32 Å². The summed E-state index contributed by atoms with van der Waals surface area (Å²) in [6, 6.07) is 5.56. The summed E-state index contributed by atoms with van der Waals surface area (Å²) in [5.41, 5.74) is 8.04. The molecule has 0 radical (unpaired) electrons. The number of para-hydroxylation sites is 1. The summed E-state index contributed by atoms with van der Waals surface area (Å²) >= 11 is 0. The number of benzene rings is 1. The molecule has 1 rings (SSSR count). The fourth-order valence-corrected chi connectivity index (χ4v) is 1.09. The lowest BCUT2D eigenvalue weighted by atomic mass is 10.1. The maximum atomic E-state index is 11.1. The molecule has 0 aliphatic carbocycles. The quantitative estimate of drug-likeness (QED) is 0.680. The molecule has 3 heteroatoms. The highest BCUT2D eigenvalue weighted by molar-refractivity contribution is 5.94. The largest absolute Gasteiger partial charge is 0.397 e. The smallest absolute Gasteiger partial charge is 0.224 e. The molecule has 1 aromatic carbocycles. The molecular formula is C10H14N2O. The molecule has 0 aliphatic heterocycles. The van der Waals surface area contributed by atoms with E-state index in [1.807, 2.05) is 26.0 Å². The fourth-order valence-electron chi connectivity index (χ4n) is 1.09. The van der Waals surface area contributed by atoms with Gasteiger partial charge in [-0.1, -0.05) is 19.1 Å². The van der Waals surface area contributed by atoms with Crippen LogP contribution in [0.5, 0.6) is 0 Å². The van der Waals surface area contributed by atoms with Crippen molar-refractivity contribution in [3.8, 4) is 0 Å². The summed E-state index contributed by atoms with van der Waals surface area (Å²) in [7, 11) is 0. The number of nitrogens with one attached hydrogen (secondary N) is 1. The molecule has 0 saturated carbocycles. The Balaban J connectivity index is 2.93. The number of amides is 1. The van der Waals surface area contributed by atoms with Gasteiger partial charge in [-0.15, -0.1) is 0 Å². The minimum atomic E-state index is -0.0130. The second-order valence-corrected chi connectivity index (χ2v) is 2.94. The zero-order valence-electron chi connectivity index (χ0n) is 7.92. The molecule has 0 aromatic heterocycles. The Morgan fingerprint density at radius 3 is 2.77 bits per heavy atom. The van der Waals surface area contributed by atoms with Gasteiger partial charge in [0, 0.05) is 6.42 Å². The molecule has 0 heterocycles. The third-order valence-electron chi connectivity index (χ3n) is 1.89. The maximum absolute atomic E-state index is 11.1. The van der Waals surface area contributed by atoms with Crippen molar-refractivity contribution in [2.24, 2.45) is 0 Å². The van der Waals surface area contributed by atoms with Crippen LogP contribution in [-0.4, -0.2) is 5.91 Å². The SMILES string of the molecule is CCC(=O)Nc1c(C)cccc1N. The predicted molar refractivity (Wildman–Crippen MR) is 54.5 cm³/mol. The first-order valence-corrected chi connectivity index (χ1v) is 4.30. The number of carbonyl (C=O) groups excluding carboxylic acids is 1. The molecule has 3 N–H and O–H groups in total. The summed E-state index contributed by atoms with van der Waals surface area (Å²) in [5.74, 6) is -0.0130. The Morgan fingerprint density at radius 1 is 1.54 bits per heavy atom. The molecular weight excluding hydrogens is 164 g/mol. The number of hydrogen-bond donors (Lipinski definition) is 2. The van der Waals surface area contributed by atoms with Crippen LogP contribution in [0.1, 0.15) is 18.9 Å². The molecule has 0 bridgehead atoms. The van der Waals surface area contributed by atoms with E-state index in [-0.39, 0.29) is 5.91 Å². The monoisotopic (exact) mass is 178 g/mol. The molecule has 0 unspecified atom stereocenters. The number of nitrogens with two attached hydrogens (primary N) is 1. The minimum absolute atomic E-state index is 0.0130. The van der Waals surface area contributed by atoms with E-state index < -0.39 is 0 Å². The first-order chi connectivity index (χ1) is 6.15. The molecule has 0 saturated heterocycles. The molecule has 13 heavy (non-hydrogen) atoms. The van der Waals surface area contributed by atoms with Crippen LogP contribution in [0, 0.1) is 6.92 Å². The topological polar surface area (TPSA) is 55.1 Å². The molecule has 0 spiro atoms. The maximum Gasteiger partial charge on any atom is 0.224 e. The number of rotatable bonds is 2. The van der Waals surface area contributed by atoms with Gasteiger partial charge in [0.05, 0.1) is 11.4 Å². The Kier molecular flexibility index (Phi) is 2.90. The minimum Gasteiger partial charge on any atom is -0.397 e. The first-order valence-electron chi connectivity index (χ1n) is 4.30. The van der Waals surface area contributed by atoms with Crippen LogP contribution in [-0.2, 0) is 4.79 Å². The second kappa shape index (κ2) is 3.94. The average Bonchev–Trinajstić information content (AvgIpc) is 2.11. The third-order valence-corrected chi connectivity index (χ3v) is 1.89. The number of carbonyl (C=O) groups is 1. The van der Waals surface area contributed by atoms with Gasteiger partial charge in [-0.25, -0.2) is 0 Å². The van der Waals surface area contributed by atoms with Crippen LogP contribution in [0.4, 0.5) is 11.4 Å². The molecule has 0 fully saturated rings. The molecule has 0 atom stereocenters. The molecule has 0 aliphatic rings. The van der Waals surface area contributed by atoms with Gasteiger partial charge in [0.2, 0.25) is 5.91 Å². The van der Waals surface area contributed by atoms with Gasteiger partial charge in [-0.3, -0.25) is 4.79 Å². The van der Waals surface area contributed by atoms with E-state index in [0.717, 1.165) is 11.3 Å². The van der Waals surface area contributed by atoms with Gasteiger partial charge in [0.15, 0.2) is 0 Å². The Bertz CT molecular complexity index is 300. The van der Waals surface area contributed by atoms with Crippen molar-refractivity contribution >= 4 is 17.3 Å². The number of aryl methyl sites for hydroxylation is 1. The standard InChI is InChI=1S/C10H14N2O/c1-3-9(13)12-10-7(2)5-4-6-8(10)11/h4-6H,3,11H2,1-2H3,(H,12,13). The van der Waals surface area contributed by atoms with Crippen LogP contribution in [0.2, 0.25) is 0 Å².